The minimum atomic E-state index is 0.298. The summed E-state index contributed by atoms with van der Waals surface area (Å²) < 4.78 is 0. The molecule has 3 rings (SSSR count). The molecule has 0 unspecified atom stereocenters. The third kappa shape index (κ3) is 2.16. The van der Waals surface area contributed by atoms with Gasteiger partial charge in [0.05, 0.1) is 5.52 Å². The van der Waals surface area contributed by atoms with Gasteiger partial charge in [0.2, 0.25) is 5.95 Å². The first kappa shape index (κ1) is 11.4. The molecule has 0 aliphatic carbocycles. The topological polar surface area (TPSA) is 49.2 Å². The van der Waals surface area contributed by atoms with Crippen LogP contribution in [0.2, 0.25) is 0 Å². The summed E-state index contributed by atoms with van der Waals surface area (Å²) in [5.41, 5.74) is 0.992. The number of fused-ring (bicyclic) bond motifs is 1. The highest BCUT2D eigenvalue weighted by Crippen LogP contribution is 2.21. The lowest BCUT2D eigenvalue weighted by Crippen LogP contribution is -2.35. The molecule has 0 radical (unpaired) electrons. The Kier molecular flexibility index (Phi) is 3.11. The van der Waals surface area contributed by atoms with Crippen molar-refractivity contribution in [3.63, 3.8) is 0 Å². The molecule has 18 heavy (non-hydrogen) atoms. The van der Waals surface area contributed by atoms with Crippen molar-refractivity contribution in [2.75, 3.05) is 24.6 Å². The molecule has 1 N–H and O–H groups in total. The van der Waals surface area contributed by atoms with Crippen molar-refractivity contribution in [2.45, 2.75) is 12.8 Å². The van der Waals surface area contributed by atoms with Gasteiger partial charge in [-0.15, -0.1) is 0 Å². The largest absolute Gasteiger partial charge is 0.396 e. The van der Waals surface area contributed by atoms with Gasteiger partial charge in [-0.2, -0.15) is 0 Å². The van der Waals surface area contributed by atoms with Crippen molar-refractivity contribution < 1.29 is 5.11 Å². The Labute approximate surface area is 106 Å². The summed E-state index contributed by atoms with van der Waals surface area (Å²) in [5, 5.41) is 10.2. The Bertz CT molecular complexity index is 535. The van der Waals surface area contributed by atoms with Gasteiger partial charge in [0.15, 0.2) is 0 Å². The van der Waals surface area contributed by atoms with Gasteiger partial charge in [-0.1, -0.05) is 18.2 Å². The number of para-hydroxylation sites is 1. The lowest BCUT2D eigenvalue weighted by Gasteiger charge is -2.31. The molecule has 1 aromatic carbocycles. The number of piperidine rings is 1. The Hall–Kier alpha value is -1.68. The highest BCUT2D eigenvalue weighted by Gasteiger charge is 2.20. The van der Waals surface area contributed by atoms with Gasteiger partial charge in [0.25, 0.3) is 0 Å². The van der Waals surface area contributed by atoms with Crippen LogP contribution in [0.1, 0.15) is 12.8 Å². The third-order valence-corrected chi connectivity index (χ3v) is 3.63. The van der Waals surface area contributed by atoms with Gasteiger partial charge in [-0.05, 0) is 24.8 Å². The molecule has 1 aliphatic rings. The van der Waals surface area contributed by atoms with E-state index in [0.29, 0.717) is 12.5 Å². The number of hydrogen-bond acceptors (Lipinski definition) is 4. The van der Waals surface area contributed by atoms with Crippen molar-refractivity contribution in [1.82, 2.24) is 9.97 Å². The van der Waals surface area contributed by atoms with E-state index in [9.17, 15) is 0 Å². The zero-order valence-corrected chi connectivity index (χ0v) is 10.3. The van der Waals surface area contributed by atoms with Gasteiger partial charge < -0.3 is 10.0 Å². The lowest BCUT2D eigenvalue weighted by atomic mass is 9.98. The van der Waals surface area contributed by atoms with E-state index in [0.717, 1.165) is 42.8 Å². The van der Waals surface area contributed by atoms with E-state index in [2.05, 4.69) is 14.9 Å². The zero-order valence-electron chi connectivity index (χ0n) is 10.3. The third-order valence-electron chi connectivity index (χ3n) is 3.63. The van der Waals surface area contributed by atoms with Crippen LogP contribution >= 0.6 is 0 Å². The normalized spacial score (nSPS) is 17.3. The second-order valence-corrected chi connectivity index (χ2v) is 4.84. The van der Waals surface area contributed by atoms with Crippen LogP contribution in [0.15, 0.2) is 30.5 Å². The van der Waals surface area contributed by atoms with Crippen molar-refractivity contribution in [3.05, 3.63) is 30.5 Å². The Morgan fingerprint density at radius 1 is 1.22 bits per heavy atom. The summed E-state index contributed by atoms with van der Waals surface area (Å²) in [6.45, 7) is 2.17. The quantitative estimate of drug-likeness (QED) is 0.874. The van der Waals surface area contributed by atoms with Crippen LogP contribution < -0.4 is 4.90 Å². The summed E-state index contributed by atoms with van der Waals surface area (Å²) >= 11 is 0. The number of benzene rings is 1. The number of rotatable bonds is 2. The molecule has 2 aromatic rings. The van der Waals surface area contributed by atoms with Crippen LogP contribution in [0.3, 0.4) is 0 Å². The molecular formula is C14H17N3O. The Morgan fingerprint density at radius 3 is 2.78 bits per heavy atom. The van der Waals surface area contributed by atoms with E-state index in [4.69, 9.17) is 5.11 Å². The van der Waals surface area contributed by atoms with E-state index < -0.39 is 0 Å². The molecule has 1 aliphatic heterocycles. The van der Waals surface area contributed by atoms with Gasteiger partial charge in [0, 0.05) is 31.3 Å². The van der Waals surface area contributed by atoms with Crippen molar-refractivity contribution in [2.24, 2.45) is 5.92 Å². The zero-order chi connectivity index (χ0) is 12.4. The fourth-order valence-corrected chi connectivity index (χ4v) is 2.43. The maximum atomic E-state index is 9.14. The Balaban J connectivity index is 1.82. The molecule has 4 heteroatoms. The summed E-state index contributed by atoms with van der Waals surface area (Å²) in [6, 6.07) is 8.04. The maximum absolute atomic E-state index is 9.14. The second kappa shape index (κ2) is 4.90. The van der Waals surface area contributed by atoms with Crippen molar-refractivity contribution in [3.8, 4) is 0 Å². The average Bonchev–Trinajstić information content (AvgIpc) is 2.47. The van der Waals surface area contributed by atoms with Crippen molar-refractivity contribution in [1.29, 1.82) is 0 Å². The van der Waals surface area contributed by atoms with E-state index in [1.165, 1.54) is 0 Å². The predicted molar refractivity (Wildman–Crippen MR) is 71.6 cm³/mol. The molecule has 2 heterocycles. The number of aromatic nitrogens is 2. The molecule has 0 saturated carbocycles. The van der Waals surface area contributed by atoms with Crippen LogP contribution in [-0.4, -0.2) is 34.8 Å². The van der Waals surface area contributed by atoms with E-state index >= 15 is 0 Å². The molecule has 4 nitrogen and oxygen atoms in total. The first-order valence-corrected chi connectivity index (χ1v) is 6.44. The standard InChI is InChI=1S/C14H17N3O/c18-10-11-5-7-17(8-6-11)14-15-9-12-3-1-2-4-13(12)16-14/h1-4,9,11,18H,5-8,10H2. The first-order chi connectivity index (χ1) is 8.86. The molecule has 0 spiro atoms. The van der Waals surface area contributed by atoms with E-state index in [1.807, 2.05) is 30.5 Å². The molecule has 94 valence electrons. The molecule has 1 saturated heterocycles. The number of hydrogen-bond donors (Lipinski definition) is 1. The van der Waals surface area contributed by atoms with Crippen LogP contribution in [0.25, 0.3) is 10.9 Å². The SMILES string of the molecule is OCC1CCN(c2ncc3ccccc3n2)CC1. The second-order valence-electron chi connectivity index (χ2n) is 4.84. The van der Waals surface area contributed by atoms with Gasteiger partial charge >= 0.3 is 0 Å². The van der Waals surface area contributed by atoms with Crippen LogP contribution in [0.4, 0.5) is 5.95 Å². The predicted octanol–water partition coefficient (Wildman–Crippen LogP) is 1.84. The minimum Gasteiger partial charge on any atom is -0.396 e. The van der Waals surface area contributed by atoms with Gasteiger partial charge in [-0.25, -0.2) is 9.97 Å². The van der Waals surface area contributed by atoms with Crippen molar-refractivity contribution >= 4 is 16.9 Å². The average molecular weight is 243 g/mol. The number of nitrogens with zero attached hydrogens (tertiary/aromatic N) is 3. The maximum Gasteiger partial charge on any atom is 0.225 e. The molecule has 1 fully saturated rings. The fourth-order valence-electron chi connectivity index (χ4n) is 2.43. The molecule has 0 amide bonds. The molecular weight excluding hydrogens is 226 g/mol. The number of aliphatic hydroxyl groups excluding tert-OH is 1. The first-order valence-electron chi connectivity index (χ1n) is 6.44. The summed E-state index contributed by atoms with van der Waals surface area (Å²) in [6.07, 6.45) is 3.93. The number of anilines is 1. The Morgan fingerprint density at radius 2 is 2.00 bits per heavy atom. The van der Waals surface area contributed by atoms with E-state index in [-0.39, 0.29) is 0 Å². The van der Waals surface area contributed by atoms with Crippen LogP contribution in [0, 0.1) is 5.92 Å². The summed E-state index contributed by atoms with van der Waals surface area (Å²) in [7, 11) is 0. The van der Waals surface area contributed by atoms with Crippen LogP contribution in [-0.2, 0) is 0 Å². The smallest absolute Gasteiger partial charge is 0.225 e. The summed E-state index contributed by atoms with van der Waals surface area (Å²) in [5.74, 6) is 1.26. The highest BCUT2D eigenvalue weighted by atomic mass is 16.3. The van der Waals surface area contributed by atoms with Crippen LogP contribution in [0.5, 0.6) is 0 Å². The van der Waals surface area contributed by atoms with Gasteiger partial charge in [0.1, 0.15) is 0 Å². The fraction of sp³-hybridized carbons (Fsp3) is 0.429. The molecule has 1 aromatic heterocycles. The minimum absolute atomic E-state index is 0.298. The van der Waals surface area contributed by atoms with E-state index in [1.54, 1.807) is 0 Å². The molecule has 0 bridgehead atoms. The monoisotopic (exact) mass is 243 g/mol. The van der Waals surface area contributed by atoms with Gasteiger partial charge in [-0.3, -0.25) is 0 Å². The highest BCUT2D eigenvalue weighted by molar-refractivity contribution is 5.78. The molecule has 0 atom stereocenters. The lowest BCUT2D eigenvalue weighted by molar-refractivity contribution is 0.202. The summed E-state index contributed by atoms with van der Waals surface area (Å²) in [4.78, 5) is 11.2. The number of aliphatic hydroxyl groups is 1.